The van der Waals surface area contributed by atoms with E-state index in [0.29, 0.717) is 35.7 Å². The Balaban J connectivity index is 0.00000243. The second kappa shape index (κ2) is 8.40. The average Bonchev–Trinajstić information content (AvgIpc) is 2.84. The van der Waals surface area contributed by atoms with Gasteiger partial charge in [-0.25, -0.2) is 0 Å². The molecule has 2 atom stereocenters. The van der Waals surface area contributed by atoms with Crippen LogP contribution in [0.1, 0.15) is 63.2 Å². The standard InChI is InChI=1S/C20H29N3O2.ClH/c1-20(2,3)23-19(25)16-6-4-5-7-17(16)22-18(24)12-13-10-14-8-9-15(11-13)21-14;/h4-7,13-15,21H,8-12H2,1-3H3,(H,22,24)(H,23,25);1H. The highest BCUT2D eigenvalue weighted by Gasteiger charge is 2.34. The zero-order chi connectivity index (χ0) is 18.0. The molecule has 0 spiro atoms. The van der Waals surface area contributed by atoms with Gasteiger partial charge in [0.1, 0.15) is 0 Å². The van der Waals surface area contributed by atoms with E-state index in [1.54, 1.807) is 12.1 Å². The molecule has 0 aliphatic carbocycles. The first kappa shape index (κ1) is 20.7. The number of rotatable bonds is 4. The van der Waals surface area contributed by atoms with Crippen molar-refractivity contribution in [2.75, 3.05) is 5.32 Å². The zero-order valence-corrected chi connectivity index (χ0v) is 16.6. The summed E-state index contributed by atoms with van der Waals surface area (Å²) in [5.41, 5.74) is 0.782. The fraction of sp³-hybridized carbons (Fsp3) is 0.600. The number of halogens is 1. The molecule has 6 heteroatoms. The number of anilines is 1. The Labute approximate surface area is 162 Å². The van der Waals surface area contributed by atoms with E-state index in [1.165, 1.54) is 12.8 Å². The van der Waals surface area contributed by atoms with Gasteiger partial charge < -0.3 is 16.0 Å². The van der Waals surface area contributed by atoms with Crippen LogP contribution in [0.4, 0.5) is 5.69 Å². The summed E-state index contributed by atoms with van der Waals surface area (Å²) >= 11 is 0. The maximum atomic E-state index is 12.5. The Bertz CT molecular complexity index is 645. The van der Waals surface area contributed by atoms with Crippen molar-refractivity contribution in [3.8, 4) is 0 Å². The highest BCUT2D eigenvalue weighted by molar-refractivity contribution is 6.04. The minimum Gasteiger partial charge on any atom is -0.347 e. The minimum atomic E-state index is -0.317. The molecule has 2 unspecified atom stereocenters. The first-order valence-corrected chi connectivity index (χ1v) is 9.27. The van der Waals surface area contributed by atoms with Gasteiger partial charge in [0.15, 0.2) is 0 Å². The normalized spacial score (nSPS) is 24.5. The van der Waals surface area contributed by atoms with E-state index in [4.69, 9.17) is 0 Å². The second-order valence-electron chi connectivity index (χ2n) is 8.48. The van der Waals surface area contributed by atoms with Crippen molar-refractivity contribution in [1.82, 2.24) is 10.6 Å². The smallest absolute Gasteiger partial charge is 0.253 e. The molecule has 2 heterocycles. The lowest BCUT2D eigenvalue weighted by Crippen LogP contribution is -2.41. The third-order valence-electron chi connectivity index (χ3n) is 4.98. The van der Waals surface area contributed by atoms with Crippen molar-refractivity contribution in [1.29, 1.82) is 0 Å². The molecule has 1 aromatic rings. The van der Waals surface area contributed by atoms with Crippen molar-refractivity contribution in [2.24, 2.45) is 5.92 Å². The van der Waals surface area contributed by atoms with Crippen LogP contribution in [0.2, 0.25) is 0 Å². The molecule has 2 bridgehead atoms. The van der Waals surface area contributed by atoms with Crippen LogP contribution in [0.25, 0.3) is 0 Å². The molecule has 0 saturated carbocycles. The van der Waals surface area contributed by atoms with Gasteiger partial charge in [0.05, 0.1) is 11.3 Å². The van der Waals surface area contributed by atoms with Crippen molar-refractivity contribution in [3.05, 3.63) is 29.8 Å². The maximum absolute atomic E-state index is 12.5. The van der Waals surface area contributed by atoms with Crippen LogP contribution in [0.3, 0.4) is 0 Å². The predicted molar refractivity (Wildman–Crippen MR) is 107 cm³/mol. The Hall–Kier alpha value is -1.59. The number of carbonyl (C=O) groups excluding carboxylic acids is 2. The summed E-state index contributed by atoms with van der Waals surface area (Å²) < 4.78 is 0. The first-order chi connectivity index (χ1) is 11.8. The molecule has 0 radical (unpaired) electrons. The molecule has 26 heavy (non-hydrogen) atoms. The van der Waals surface area contributed by atoms with Gasteiger partial charge in [-0.3, -0.25) is 9.59 Å². The molecule has 3 rings (SSSR count). The van der Waals surface area contributed by atoms with E-state index >= 15 is 0 Å². The lowest BCUT2D eigenvalue weighted by molar-refractivity contribution is -0.117. The van der Waals surface area contributed by atoms with E-state index in [1.807, 2.05) is 32.9 Å². The maximum Gasteiger partial charge on any atom is 0.253 e. The molecule has 2 amide bonds. The van der Waals surface area contributed by atoms with Crippen LogP contribution < -0.4 is 16.0 Å². The Morgan fingerprint density at radius 2 is 1.73 bits per heavy atom. The summed E-state index contributed by atoms with van der Waals surface area (Å²) in [6, 6.07) is 8.37. The van der Waals surface area contributed by atoms with Crippen molar-refractivity contribution in [2.45, 2.75) is 70.5 Å². The van der Waals surface area contributed by atoms with Gasteiger partial charge in [-0.05, 0) is 64.5 Å². The summed E-state index contributed by atoms with van der Waals surface area (Å²) in [6.07, 6.45) is 5.16. The number of hydrogen-bond acceptors (Lipinski definition) is 3. The number of amides is 2. The van der Waals surface area contributed by atoms with Crippen LogP contribution in [0, 0.1) is 5.92 Å². The first-order valence-electron chi connectivity index (χ1n) is 9.27. The number of para-hydroxylation sites is 1. The molecule has 0 aromatic heterocycles. The van der Waals surface area contributed by atoms with Crippen molar-refractivity contribution >= 4 is 29.9 Å². The Morgan fingerprint density at radius 3 is 2.35 bits per heavy atom. The fourth-order valence-electron chi connectivity index (χ4n) is 4.00. The summed E-state index contributed by atoms with van der Waals surface area (Å²) in [5.74, 6) is 0.278. The Kier molecular flexibility index (Phi) is 6.69. The van der Waals surface area contributed by atoms with Crippen LogP contribution >= 0.6 is 12.4 Å². The number of hydrogen-bond donors (Lipinski definition) is 3. The van der Waals surface area contributed by atoms with E-state index in [9.17, 15) is 9.59 Å². The van der Waals surface area contributed by atoms with Crippen LogP contribution in [-0.2, 0) is 4.79 Å². The molecule has 1 aromatic carbocycles. The number of piperidine rings is 1. The summed E-state index contributed by atoms with van der Waals surface area (Å²) in [6.45, 7) is 5.83. The van der Waals surface area contributed by atoms with Crippen LogP contribution in [0.5, 0.6) is 0 Å². The predicted octanol–water partition coefficient (Wildman–Crippen LogP) is 3.50. The van der Waals surface area contributed by atoms with Gasteiger partial charge in [-0.1, -0.05) is 12.1 Å². The molecule has 2 fully saturated rings. The molecular weight excluding hydrogens is 350 g/mol. The molecule has 2 aliphatic rings. The number of carbonyl (C=O) groups is 2. The van der Waals surface area contributed by atoms with Crippen molar-refractivity contribution in [3.63, 3.8) is 0 Å². The van der Waals surface area contributed by atoms with Crippen LogP contribution in [-0.4, -0.2) is 29.4 Å². The average molecular weight is 380 g/mol. The quantitative estimate of drug-likeness (QED) is 0.749. The van der Waals surface area contributed by atoms with E-state index in [-0.39, 0.29) is 29.8 Å². The topological polar surface area (TPSA) is 70.2 Å². The molecule has 3 N–H and O–H groups in total. The monoisotopic (exact) mass is 379 g/mol. The molecule has 144 valence electrons. The SMILES string of the molecule is CC(C)(C)NC(=O)c1ccccc1NC(=O)CC1CC2CCC(C1)N2.Cl. The summed E-state index contributed by atoms with van der Waals surface area (Å²) in [5, 5.41) is 9.51. The fourth-order valence-corrected chi connectivity index (χ4v) is 4.00. The minimum absolute atomic E-state index is 0. The molecular formula is C20H30ClN3O2. The van der Waals surface area contributed by atoms with Crippen molar-refractivity contribution < 1.29 is 9.59 Å². The van der Waals surface area contributed by atoms with Gasteiger partial charge in [-0.15, -0.1) is 12.4 Å². The summed E-state index contributed by atoms with van der Waals surface area (Å²) in [4.78, 5) is 25.0. The summed E-state index contributed by atoms with van der Waals surface area (Å²) in [7, 11) is 0. The highest BCUT2D eigenvalue weighted by Crippen LogP contribution is 2.33. The highest BCUT2D eigenvalue weighted by atomic mass is 35.5. The molecule has 2 saturated heterocycles. The van der Waals surface area contributed by atoms with E-state index in [0.717, 1.165) is 12.8 Å². The largest absolute Gasteiger partial charge is 0.347 e. The van der Waals surface area contributed by atoms with Gasteiger partial charge >= 0.3 is 0 Å². The van der Waals surface area contributed by atoms with Gasteiger partial charge in [0, 0.05) is 24.0 Å². The lowest BCUT2D eigenvalue weighted by Gasteiger charge is -2.28. The number of benzene rings is 1. The van der Waals surface area contributed by atoms with E-state index < -0.39 is 0 Å². The van der Waals surface area contributed by atoms with Crippen LogP contribution in [0.15, 0.2) is 24.3 Å². The van der Waals surface area contributed by atoms with Gasteiger partial charge in [0.2, 0.25) is 5.91 Å². The lowest BCUT2D eigenvalue weighted by atomic mass is 9.89. The zero-order valence-electron chi connectivity index (χ0n) is 15.8. The third-order valence-corrected chi connectivity index (χ3v) is 4.98. The van der Waals surface area contributed by atoms with E-state index in [2.05, 4.69) is 16.0 Å². The second-order valence-corrected chi connectivity index (χ2v) is 8.48. The third kappa shape index (κ3) is 5.45. The van der Waals surface area contributed by atoms with Gasteiger partial charge in [-0.2, -0.15) is 0 Å². The number of fused-ring (bicyclic) bond motifs is 2. The van der Waals surface area contributed by atoms with Gasteiger partial charge in [0.25, 0.3) is 5.91 Å². The Morgan fingerprint density at radius 1 is 1.12 bits per heavy atom. The molecule has 2 aliphatic heterocycles. The number of nitrogens with one attached hydrogen (secondary N) is 3. The molecule has 5 nitrogen and oxygen atoms in total.